The molecule has 0 spiro atoms. The van der Waals surface area contributed by atoms with Crippen LogP contribution < -0.4 is 5.32 Å². The SMILES string of the molecule is CC(C)CC(=O)N[C@H]1CCOC1. The molecule has 0 aromatic heterocycles. The van der Waals surface area contributed by atoms with Crippen LogP contribution in [0.2, 0.25) is 0 Å². The van der Waals surface area contributed by atoms with Crippen LogP contribution in [0.25, 0.3) is 0 Å². The fraction of sp³-hybridized carbons (Fsp3) is 0.889. The second-order valence-corrected chi connectivity index (χ2v) is 3.73. The van der Waals surface area contributed by atoms with Gasteiger partial charge >= 0.3 is 0 Å². The van der Waals surface area contributed by atoms with Crippen molar-refractivity contribution in [3.63, 3.8) is 0 Å². The summed E-state index contributed by atoms with van der Waals surface area (Å²) in [5.74, 6) is 0.591. The molecule has 0 aliphatic carbocycles. The smallest absolute Gasteiger partial charge is 0.220 e. The largest absolute Gasteiger partial charge is 0.379 e. The van der Waals surface area contributed by atoms with E-state index in [0.717, 1.165) is 13.0 Å². The van der Waals surface area contributed by atoms with Crippen LogP contribution in [0.3, 0.4) is 0 Å². The zero-order valence-corrected chi connectivity index (χ0v) is 7.80. The van der Waals surface area contributed by atoms with E-state index in [9.17, 15) is 4.79 Å². The second kappa shape index (κ2) is 4.45. The molecular weight excluding hydrogens is 154 g/mol. The molecular formula is C9H17NO2. The summed E-state index contributed by atoms with van der Waals surface area (Å²) in [5.41, 5.74) is 0. The number of amides is 1. The van der Waals surface area contributed by atoms with Gasteiger partial charge < -0.3 is 10.1 Å². The molecule has 0 bridgehead atoms. The summed E-state index contributed by atoms with van der Waals surface area (Å²) in [4.78, 5) is 11.2. The van der Waals surface area contributed by atoms with Crippen LogP contribution in [0, 0.1) is 5.92 Å². The first-order valence-corrected chi connectivity index (χ1v) is 4.55. The average Bonchev–Trinajstić information content (AvgIpc) is 2.37. The van der Waals surface area contributed by atoms with Crippen LogP contribution in [-0.2, 0) is 9.53 Å². The highest BCUT2D eigenvalue weighted by atomic mass is 16.5. The lowest BCUT2D eigenvalue weighted by Crippen LogP contribution is -2.35. The minimum absolute atomic E-state index is 0.153. The lowest BCUT2D eigenvalue weighted by molar-refractivity contribution is -0.122. The van der Waals surface area contributed by atoms with E-state index in [2.05, 4.69) is 5.32 Å². The van der Waals surface area contributed by atoms with E-state index >= 15 is 0 Å². The monoisotopic (exact) mass is 171 g/mol. The van der Waals surface area contributed by atoms with Gasteiger partial charge in [-0.05, 0) is 12.3 Å². The Morgan fingerprint density at radius 2 is 2.42 bits per heavy atom. The van der Waals surface area contributed by atoms with Crippen LogP contribution in [-0.4, -0.2) is 25.2 Å². The van der Waals surface area contributed by atoms with Crippen LogP contribution in [0.1, 0.15) is 26.7 Å². The average molecular weight is 171 g/mol. The molecule has 3 nitrogen and oxygen atoms in total. The third-order valence-electron chi connectivity index (χ3n) is 1.89. The van der Waals surface area contributed by atoms with Crippen molar-refractivity contribution in [1.82, 2.24) is 5.32 Å². The second-order valence-electron chi connectivity index (χ2n) is 3.73. The van der Waals surface area contributed by atoms with Gasteiger partial charge in [0.2, 0.25) is 5.91 Å². The Morgan fingerprint density at radius 1 is 1.67 bits per heavy atom. The summed E-state index contributed by atoms with van der Waals surface area (Å²) in [7, 11) is 0. The van der Waals surface area contributed by atoms with Gasteiger partial charge in [-0.3, -0.25) is 4.79 Å². The number of carbonyl (C=O) groups is 1. The van der Waals surface area contributed by atoms with E-state index in [1.54, 1.807) is 0 Å². The molecule has 1 amide bonds. The molecule has 12 heavy (non-hydrogen) atoms. The van der Waals surface area contributed by atoms with Crippen molar-refractivity contribution >= 4 is 5.91 Å². The summed E-state index contributed by atoms with van der Waals surface area (Å²) in [6, 6.07) is 0.260. The lowest BCUT2D eigenvalue weighted by atomic mass is 10.1. The van der Waals surface area contributed by atoms with Crippen molar-refractivity contribution < 1.29 is 9.53 Å². The molecule has 1 heterocycles. The molecule has 3 heteroatoms. The molecule has 0 aromatic rings. The summed E-state index contributed by atoms with van der Waals surface area (Å²) in [5, 5.41) is 2.95. The molecule has 1 rings (SSSR count). The van der Waals surface area contributed by atoms with E-state index in [1.165, 1.54) is 0 Å². The molecule has 1 aliphatic heterocycles. The number of ether oxygens (including phenoxy) is 1. The van der Waals surface area contributed by atoms with E-state index < -0.39 is 0 Å². The number of hydrogen-bond acceptors (Lipinski definition) is 2. The van der Waals surface area contributed by atoms with Crippen molar-refractivity contribution in [2.45, 2.75) is 32.7 Å². The van der Waals surface area contributed by atoms with E-state index in [1.807, 2.05) is 13.8 Å². The van der Waals surface area contributed by atoms with Gasteiger partial charge in [0.05, 0.1) is 12.6 Å². The van der Waals surface area contributed by atoms with Gasteiger partial charge in [0.1, 0.15) is 0 Å². The highest BCUT2D eigenvalue weighted by molar-refractivity contribution is 5.76. The minimum atomic E-state index is 0.153. The van der Waals surface area contributed by atoms with Gasteiger partial charge in [-0.25, -0.2) is 0 Å². The fourth-order valence-electron chi connectivity index (χ4n) is 1.31. The highest BCUT2D eigenvalue weighted by Gasteiger charge is 2.17. The molecule has 1 atom stereocenters. The van der Waals surface area contributed by atoms with E-state index in [0.29, 0.717) is 18.9 Å². The molecule has 1 aliphatic rings. The van der Waals surface area contributed by atoms with Gasteiger partial charge in [0.25, 0.3) is 0 Å². The lowest BCUT2D eigenvalue weighted by Gasteiger charge is -2.11. The fourth-order valence-corrected chi connectivity index (χ4v) is 1.31. The minimum Gasteiger partial charge on any atom is -0.379 e. The Balaban J connectivity index is 2.16. The third kappa shape index (κ3) is 3.22. The number of rotatable bonds is 3. The summed E-state index contributed by atoms with van der Waals surface area (Å²) in [6.45, 7) is 5.56. The molecule has 1 fully saturated rings. The normalized spacial score (nSPS) is 23.1. The van der Waals surface area contributed by atoms with Crippen LogP contribution in [0.15, 0.2) is 0 Å². The van der Waals surface area contributed by atoms with Crippen LogP contribution in [0.4, 0.5) is 0 Å². The summed E-state index contributed by atoms with van der Waals surface area (Å²) >= 11 is 0. The third-order valence-corrected chi connectivity index (χ3v) is 1.89. The predicted octanol–water partition coefficient (Wildman–Crippen LogP) is 0.938. The Morgan fingerprint density at radius 3 is 2.92 bits per heavy atom. The first-order chi connectivity index (χ1) is 5.68. The first kappa shape index (κ1) is 9.52. The highest BCUT2D eigenvalue weighted by Crippen LogP contribution is 2.05. The van der Waals surface area contributed by atoms with Gasteiger partial charge in [0.15, 0.2) is 0 Å². The zero-order chi connectivity index (χ0) is 8.97. The zero-order valence-electron chi connectivity index (χ0n) is 7.80. The van der Waals surface area contributed by atoms with Crippen molar-refractivity contribution in [2.24, 2.45) is 5.92 Å². The van der Waals surface area contributed by atoms with Gasteiger partial charge in [-0.15, -0.1) is 0 Å². The van der Waals surface area contributed by atoms with Gasteiger partial charge in [-0.1, -0.05) is 13.8 Å². The molecule has 0 aromatic carbocycles. The number of nitrogens with one attached hydrogen (secondary N) is 1. The Kier molecular flexibility index (Phi) is 3.53. The molecule has 0 unspecified atom stereocenters. The van der Waals surface area contributed by atoms with E-state index in [4.69, 9.17) is 4.74 Å². The van der Waals surface area contributed by atoms with E-state index in [-0.39, 0.29) is 11.9 Å². The summed E-state index contributed by atoms with van der Waals surface area (Å²) < 4.78 is 5.15. The molecule has 0 radical (unpaired) electrons. The Labute approximate surface area is 73.5 Å². The van der Waals surface area contributed by atoms with Crippen molar-refractivity contribution in [1.29, 1.82) is 0 Å². The molecule has 70 valence electrons. The van der Waals surface area contributed by atoms with Gasteiger partial charge in [0, 0.05) is 13.0 Å². The number of carbonyl (C=O) groups excluding carboxylic acids is 1. The maximum atomic E-state index is 11.2. The van der Waals surface area contributed by atoms with Crippen molar-refractivity contribution in [3.05, 3.63) is 0 Å². The van der Waals surface area contributed by atoms with Crippen LogP contribution in [0.5, 0.6) is 0 Å². The first-order valence-electron chi connectivity index (χ1n) is 4.55. The topological polar surface area (TPSA) is 38.3 Å². The Hall–Kier alpha value is -0.570. The quantitative estimate of drug-likeness (QED) is 0.686. The van der Waals surface area contributed by atoms with Crippen LogP contribution >= 0.6 is 0 Å². The summed E-state index contributed by atoms with van der Waals surface area (Å²) in [6.07, 6.45) is 1.58. The number of hydrogen-bond donors (Lipinski definition) is 1. The predicted molar refractivity (Wildman–Crippen MR) is 46.8 cm³/mol. The maximum Gasteiger partial charge on any atom is 0.220 e. The maximum absolute atomic E-state index is 11.2. The van der Waals surface area contributed by atoms with Gasteiger partial charge in [-0.2, -0.15) is 0 Å². The van der Waals surface area contributed by atoms with Crippen molar-refractivity contribution in [3.8, 4) is 0 Å². The molecule has 1 N–H and O–H groups in total. The molecule has 1 saturated heterocycles. The standard InChI is InChI=1S/C9H17NO2/c1-7(2)5-9(11)10-8-3-4-12-6-8/h7-8H,3-6H2,1-2H3,(H,10,11)/t8-/m0/s1. The molecule has 0 saturated carbocycles. The van der Waals surface area contributed by atoms with Crippen molar-refractivity contribution in [2.75, 3.05) is 13.2 Å². The Bertz CT molecular complexity index is 151.